The average Bonchev–Trinajstić information content (AvgIpc) is 2.67. The largest absolute Gasteiger partial charge is 0.435 e. The fourth-order valence-electron chi connectivity index (χ4n) is 3.59. The van der Waals surface area contributed by atoms with Crippen LogP contribution in [0.15, 0.2) is 48.5 Å². The van der Waals surface area contributed by atoms with Crippen molar-refractivity contribution in [1.29, 1.82) is 0 Å². The normalized spacial score (nSPS) is 18.5. The second-order valence-corrected chi connectivity index (χ2v) is 7.02. The molecule has 1 heterocycles. The van der Waals surface area contributed by atoms with Gasteiger partial charge in [-0.05, 0) is 41.8 Å². The molecule has 1 N–H and O–H groups in total. The van der Waals surface area contributed by atoms with Crippen LogP contribution < -0.4 is 4.74 Å². The average molecular weight is 394 g/mol. The molecule has 3 rings (SSSR count). The highest BCUT2D eigenvalue weighted by Gasteiger charge is 2.26. The standard InChI is InChI=1S/C21H25F3N2O2/c22-18-5-1-17(2-6-18)14-26-11-10-25(15-19(26)9-12-27)13-16-3-7-20(8-4-16)28-21(23)24/h1-8,19,21,27H,9-15H2/t19-/m1/s1. The molecule has 2 aromatic rings. The minimum atomic E-state index is -2.82. The molecule has 0 aliphatic carbocycles. The van der Waals surface area contributed by atoms with Crippen molar-refractivity contribution in [2.24, 2.45) is 0 Å². The number of rotatable bonds is 8. The predicted molar refractivity (Wildman–Crippen MR) is 101 cm³/mol. The Morgan fingerprint density at radius 2 is 1.61 bits per heavy atom. The van der Waals surface area contributed by atoms with Crippen LogP contribution in [0, 0.1) is 5.82 Å². The molecular weight excluding hydrogens is 369 g/mol. The van der Waals surface area contributed by atoms with Crippen LogP contribution in [0.1, 0.15) is 17.5 Å². The first-order valence-electron chi connectivity index (χ1n) is 9.39. The van der Waals surface area contributed by atoms with Gasteiger partial charge in [0.15, 0.2) is 0 Å². The number of hydrogen-bond donors (Lipinski definition) is 1. The Kier molecular flexibility index (Phi) is 7.30. The zero-order chi connectivity index (χ0) is 19.9. The van der Waals surface area contributed by atoms with Crippen LogP contribution in [0.2, 0.25) is 0 Å². The van der Waals surface area contributed by atoms with Gasteiger partial charge >= 0.3 is 6.61 Å². The summed E-state index contributed by atoms with van der Waals surface area (Å²) in [6.45, 7) is 1.22. The van der Waals surface area contributed by atoms with Crippen LogP contribution in [0.4, 0.5) is 13.2 Å². The van der Waals surface area contributed by atoms with Gasteiger partial charge in [-0.25, -0.2) is 4.39 Å². The van der Waals surface area contributed by atoms with Crippen molar-refractivity contribution in [2.45, 2.75) is 32.2 Å². The first-order chi connectivity index (χ1) is 13.5. The lowest BCUT2D eigenvalue weighted by Gasteiger charge is -2.41. The number of hydrogen-bond acceptors (Lipinski definition) is 4. The van der Waals surface area contributed by atoms with Crippen molar-refractivity contribution >= 4 is 0 Å². The van der Waals surface area contributed by atoms with Crippen molar-refractivity contribution in [3.63, 3.8) is 0 Å². The molecule has 1 atom stereocenters. The minimum Gasteiger partial charge on any atom is -0.435 e. The molecule has 1 saturated heterocycles. The first kappa shape index (κ1) is 20.6. The van der Waals surface area contributed by atoms with E-state index in [-0.39, 0.29) is 24.2 Å². The highest BCUT2D eigenvalue weighted by atomic mass is 19.3. The van der Waals surface area contributed by atoms with E-state index in [4.69, 9.17) is 0 Å². The number of aliphatic hydroxyl groups excluding tert-OH is 1. The Morgan fingerprint density at radius 3 is 2.25 bits per heavy atom. The van der Waals surface area contributed by atoms with E-state index in [9.17, 15) is 18.3 Å². The van der Waals surface area contributed by atoms with Gasteiger partial charge in [0, 0.05) is 45.4 Å². The molecule has 28 heavy (non-hydrogen) atoms. The molecule has 0 aromatic heterocycles. The van der Waals surface area contributed by atoms with Gasteiger partial charge in [0.05, 0.1) is 0 Å². The van der Waals surface area contributed by atoms with Crippen molar-refractivity contribution in [2.75, 3.05) is 26.2 Å². The Labute approximate surface area is 163 Å². The predicted octanol–water partition coefficient (Wildman–Crippen LogP) is 3.50. The quantitative estimate of drug-likeness (QED) is 0.744. The third-order valence-corrected chi connectivity index (χ3v) is 5.00. The number of aliphatic hydroxyl groups is 1. The van der Waals surface area contributed by atoms with Gasteiger partial charge in [-0.15, -0.1) is 0 Å². The minimum absolute atomic E-state index is 0.109. The molecule has 7 heteroatoms. The van der Waals surface area contributed by atoms with E-state index in [1.54, 1.807) is 36.4 Å². The topological polar surface area (TPSA) is 35.9 Å². The van der Waals surface area contributed by atoms with E-state index in [0.29, 0.717) is 13.0 Å². The van der Waals surface area contributed by atoms with Crippen LogP contribution >= 0.6 is 0 Å². The van der Waals surface area contributed by atoms with Crippen molar-refractivity contribution in [3.05, 3.63) is 65.5 Å². The smallest absolute Gasteiger partial charge is 0.387 e. The molecule has 0 unspecified atom stereocenters. The molecular formula is C21H25F3N2O2. The number of nitrogens with zero attached hydrogens (tertiary/aromatic N) is 2. The maximum atomic E-state index is 13.1. The second-order valence-electron chi connectivity index (χ2n) is 7.02. The molecule has 1 fully saturated rings. The van der Waals surface area contributed by atoms with E-state index in [1.165, 1.54) is 12.1 Å². The van der Waals surface area contributed by atoms with Gasteiger partial charge in [0.25, 0.3) is 0 Å². The first-order valence-corrected chi connectivity index (χ1v) is 9.39. The van der Waals surface area contributed by atoms with E-state index in [0.717, 1.165) is 37.3 Å². The second kappa shape index (κ2) is 9.91. The monoisotopic (exact) mass is 394 g/mol. The van der Waals surface area contributed by atoms with Gasteiger partial charge in [-0.2, -0.15) is 8.78 Å². The summed E-state index contributed by atoms with van der Waals surface area (Å²) in [5.74, 6) is -0.0912. The molecule has 0 amide bonds. The summed E-state index contributed by atoms with van der Waals surface area (Å²) in [4.78, 5) is 4.62. The lowest BCUT2D eigenvalue weighted by atomic mass is 10.1. The lowest BCUT2D eigenvalue weighted by molar-refractivity contribution is -0.0498. The van der Waals surface area contributed by atoms with Gasteiger partial charge in [0.2, 0.25) is 0 Å². The zero-order valence-corrected chi connectivity index (χ0v) is 15.6. The summed E-state index contributed by atoms with van der Waals surface area (Å²) in [6, 6.07) is 13.4. The Hall–Kier alpha value is -2.09. The summed E-state index contributed by atoms with van der Waals surface area (Å²) in [5, 5.41) is 9.45. The van der Waals surface area contributed by atoms with Crippen molar-refractivity contribution in [3.8, 4) is 5.75 Å². The fraction of sp³-hybridized carbons (Fsp3) is 0.429. The number of benzene rings is 2. The lowest BCUT2D eigenvalue weighted by Crippen LogP contribution is -2.52. The number of piperazine rings is 1. The molecule has 1 aliphatic heterocycles. The van der Waals surface area contributed by atoms with Gasteiger partial charge in [-0.1, -0.05) is 24.3 Å². The van der Waals surface area contributed by atoms with Crippen LogP contribution in [0.25, 0.3) is 0 Å². The van der Waals surface area contributed by atoms with E-state index in [2.05, 4.69) is 14.5 Å². The molecule has 1 aliphatic rings. The van der Waals surface area contributed by atoms with Crippen molar-refractivity contribution < 1.29 is 23.0 Å². The molecule has 152 valence electrons. The van der Waals surface area contributed by atoms with Gasteiger partial charge in [0.1, 0.15) is 11.6 Å². The summed E-state index contributed by atoms with van der Waals surface area (Å²) < 4.78 is 42.0. The third-order valence-electron chi connectivity index (χ3n) is 5.00. The zero-order valence-electron chi connectivity index (χ0n) is 15.6. The Morgan fingerprint density at radius 1 is 0.964 bits per heavy atom. The number of alkyl halides is 2. The molecule has 0 bridgehead atoms. The maximum absolute atomic E-state index is 13.1. The number of ether oxygens (including phenoxy) is 1. The highest BCUT2D eigenvalue weighted by molar-refractivity contribution is 5.27. The SMILES string of the molecule is OCC[C@@H]1CN(Cc2ccc(OC(F)F)cc2)CCN1Cc1ccc(F)cc1. The van der Waals surface area contributed by atoms with E-state index in [1.807, 2.05) is 0 Å². The van der Waals surface area contributed by atoms with Gasteiger partial charge < -0.3 is 9.84 Å². The molecule has 0 spiro atoms. The van der Waals surface area contributed by atoms with E-state index >= 15 is 0 Å². The Balaban J connectivity index is 1.57. The third kappa shape index (κ3) is 5.95. The summed E-state index contributed by atoms with van der Waals surface area (Å²) in [7, 11) is 0. The van der Waals surface area contributed by atoms with Crippen LogP contribution in [0.5, 0.6) is 5.75 Å². The van der Waals surface area contributed by atoms with Crippen LogP contribution in [-0.2, 0) is 13.1 Å². The summed E-state index contributed by atoms with van der Waals surface area (Å²) in [5.41, 5.74) is 2.07. The highest BCUT2D eigenvalue weighted by Crippen LogP contribution is 2.20. The van der Waals surface area contributed by atoms with Crippen LogP contribution in [0.3, 0.4) is 0 Å². The van der Waals surface area contributed by atoms with Gasteiger partial charge in [-0.3, -0.25) is 9.80 Å². The maximum Gasteiger partial charge on any atom is 0.387 e. The van der Waals surface area contributed by atoms with Crippen molar-refractivity contribution in [1.82, 2.24) is 9.80 Å². The molecule has 0 radical (unpaired) electrons. The Bertz CT molecular complexity index is 725. The summed E-state index contributed by atoms with van der Waals surface area (Å²) >= 11 is 0. The van der Waals surface area contributed by atoms with Crippen LogP contribution in [-0.4, -0.2) is 53.8 Å². The fourth-order valence-corrected chi connectivity index (χ4v) is 3.59. The van der Waals surface area contributed by atoms with E-state index < -0.39 is 6.61 Å². The molecule has 0 saturated carbocycles. The molecule has 2 aromatic carbocycles. The number of halogens is 3. The summed E-state index contributed by atoms with van der Waals surface area (Å²) in [6.07, 6.45) is 0.666. The molecule has 4 nitrogen and oxygen atoms in total.